The smallest absolute Gasteiger partial charge is 0.254 e. The molecule has 0 spiro atoms. The first-order valence-corrected chi connectivity index (χ1v) is 6.38. The number of anilines is 2. The van der Waals surface area contributed by atoms with E-state index in [-0.39, 0.29) is 11.9 Å². The number of nitrogens with two attached hydrogens (primary N) is 2. The number of hydrogen-bond donors (Lipinski definition) is 2. The molecule has 102 valence electrons. The van der Waals surface area contributed by atoms with Gasteiger partial charge in [-0.3, -0.25) is 4.79 Å². The summed E-state index contributed by atoms with van der Waals surface area (Å²) in [6, 6.07) is 6.75. The van der Waals surface area contributed by atoms with Crippen molar-refractivity contribution < 1.29 is 4.79 Å². The van der Waals surface area contributed by atoms with Gasteiger partial charge in [0.2, 0.25) is 5.95 Å². The molecule has 1 amide bonds. The zero-order valence-corrected chi connectivity index (χ0v) is 11.3. The molecular formula is C13H12ClN5O. The Hall–Kier alpha value is -2.34. The number of nitrogens with zero attached hydrogens (tertiary/aromatic N) is 3. The highest BCUT2D eigenvalue weighted by Crippen LogP contribution is 2.27. The Morgan fingerprint density at radius 2 is 1.85 bits per heavy atom. The average Bonchev–Trinajstić information content (AvgIpc) is 2.83. The molecule has 1 aliphatic heterocycles. The highest BCUT2D eigenvalue weighted by Gasteiger charge is 2.28. The summed E-state index contributed by atoms with van der Waals surface area (Å²) in [5.74, 6) is 0.360. The molecule has 0 bridgehead atoms. The molecule has 1 aliphatic rings. The number of amides is 1. The maximum Gasteiger partial charge on any atom is 0.254 e. The normalized spacial score (nSPS) is 13.3. The van der Waals surface area contributed by atoms with Gasteiger partial charge in [-0.2, -0.15) is 4.98 Å². The zero-order chi connectivity index (χ0) is 14.3. The topological polar surface area (TPSA) is 98.1 Å². The number of fused-ring (bicyclic) bond motifs is 1. The predicted molar refractivity (Wildman–Crippen MR) is 75.9 cm³/mol. The Kier molecular flexibility index (Phi) is 2.94. The second kappa shape index (κ2) is 4.64. The SMILES string of the molecule is Nc1nc(N)c2c(n1)CN(C(=O)c1ccc(Cl)cc1)C2. The summed E-state index contributed by atoms with van der Waals surface area (Å²) in [6.45, 7) is 0.774. The van der Waals surface area contributed by atoms with Crippen molar-refractivity contribution in [2.45, 2.75) is 13.1 Å². The number of nitrogen functional groups attached to an aromatic ring is 2. The van der Waals surface area contributed by atoms with Crippen molar-refractivity contribution in [2.75, 3.05) is 11.5 Å². The molecule has 2 heterocycles. The molecule has 0 saturated carbocycles. The van der Waals surface area contributed by atoms with E-state index in [0.29, 0.717) is 35.2 Å². The maximum absolute atomic E-state index is 12.4. The minimum atomic E-state index is -0.0994. The highest BCUT2D eigenvalue weighted by molar-refractivity contribution is 6.30. The second-order valence-corrected chi connectivity index (χ2v) is 5.00. The summed E-state index contributed by atoms with van der Waals surface area (Å²) >= 11 is 5.81. The lowest BCUT2D eigenvalue weighted by molar-refractivity contribution is 0.0750. The van der Waals surface area contributed by atoms with Crippen LogP contribution in [0, 0.1) is 0 Å². The molecule has 0 fully saturated rings. The lowest BCUT2D eigenvalue weighted by Crippen LogP contribution is -2.25. The van der Waals surface area contributed by atoms with E-state index in [2.05, 4.69) is 9.97 Å². The highest BCUT2D eigenvalue weighted by atomic mass is 35.5. The molecular weight excluding hydrogens is 278 g/mol. The van der Waals surface area contributed by atoms with Gasteiger partial charge in [0, 0.05) is 16.1 Å². The van der Waals surface area contributed by atoms with Crippen molar-refractivity contribution in [1.29, 1.82) is 0 Å². The fourth-order valence-electron chi connectivity index (χ4n) is 2.22. The number of rotatable bonds is 1. The van der Waals surface area contributed by atoms with Gasteiger partial charge in [-0.25, -0.2) is 4.98 Å². The zero-order valence-electron chi connectivity index (χ0n) is 10.5. The summed E-state index contributed by atoms with van der Waals surface area (Å²) in [5, 5.41) is 0.592. The van der Waals surface area contributed by atoms with Gasteiger partial charge in [0.05, 0.1) is 18.8 Å². The van der Waals surface area contributed by atoms with Gasteiger partial charge in [0.25, 0.3) is 5.91 Å². The molecule has 2 aromatic rings. The molecule has 0 aliphatic carbocycles. The first-order valence-electron chi connectivity index (χ1n) is 6.00. The van der Waals surface area contributed by atoms with E-state index in [1.54, 1.807) is 29.2 Å². The van der Waals surface area contributed by atoms with Crippen molar-refractivity contribution >= 4 is 29.3 Å². The van der Waals surface area contributed by atoms with E-state index in [1.807, 2.05) is 0 Å². The van der Waals surface area contributed by atoms with Crippen molar-refractivity contribution in [3.8, 4) is 0 Å². The number of benzene rings is 1. The van der Waals surface area contributed by atoms with Crippen molar-refractivity contribution in [1.82, 2.24) is 14.9 Å². The number of carbonyl (C=O) groups is 1. The molecule has 0 atom stereocenters. The Morgan fingerprint density at radius 1 is 1.15 bits per heavy atom. The maximum atomic E-state index is 12.4. The molecule has 1 aromatic heterocycles. The first kappa shape index (κ1) is 12.7. The molecule has 1 aromatic carbocycles. The molecule has 6 nitrogen and oxygen atoms in total. The third-order valence-electron chi connectivity index (χ3n) is 3.21. The van der Waals surface area contributed by atoms with Gasteiger partial charge in [-0.15, -0.1) is 0 Å². The van der Waals surface area contributed by atoms with Gasteiger partial charge in [0.1, 0.15) is 5.82 Å². The van der Waals surface area contributed by atoms with Crippen LogP contribution in [-0.4, -0.2) is 20.8 Å². The van der Waals surface area contributed by atoms with Crippen LogP contribution in [0.5, 0.6) is 0 Å². The fourth-order valence-corrected chi connectivity index (χ4v) is 2.34. The van der Waals surface area contributed by atoms with Crippen LogP contribution < -0.4 is 11.5 Å². The molecule has 20 heavy (non-hydrogen) atoms. The minimum Gasteiger partial charge on any atom is -0.383 e. The van der Waals surface area contributed by atoms with E-state index < -0.39 is 0 Å². The van der Waals surface area contributed by atoms with Gasteiger partial charge in [-0.05, 0) is 24.3 Å². The van der Waals surface area contributed by atoms with E-state index in [9.17, 15) is 4.79 Å². The van der Waals surface area contributed by atoms with Crippen LogP contribution >= 0.6 is 11.6 Å². The Labute approximate surface area is 120 Å². The molecule has 4 N–H and O–H groups in total. The van der Waals surface area contributed by atoms with Crippen LogP contribution in [-0.2, 0) is 13.1 Å². The van der Waals surface area contributed by atoms with Crippen LogP contribution in [0.15, 0.2) is 24.3 Å². The quantitative estimate of drug-likeness (QED) is 0.828. The van der Waals surface area contributed by atoms with Crippen molar-refractivity contribution in [2.24, 2.45) is 0 Å². The number of hydrogen-bond acceptors (Lipinski definition) is 5. The van der Waals surface area contributed by atoms with Crippen LogP contribution in [0.3, 0.4) is 0 Å². The third kappa shape index (κ3) is 2.14. The molecule has 0 radical (unpaired) electrons. The van der Waals surface area contributed by atoms with Crippen molar-refractivity contribution in [3.05, 3.63) is 46.1 Å². The van der Waals surface area contributed by atoms with Gasteiger partial charge < -0.3 is 16.4 Å². The van der Waals surface area contributed by atoms with E-state index in [0.717, 1.165) is 5.56 Å². The number of halogens is 1. The van der Waals surface area contributed by atoms with E-state index >= 15 is 0 Å². The minimum absolute atomic E-state index is 0.0994. The summed E-state index contributed by atoms with van der Waals surface area (Å²) in [7, 11) is 0. The van der Waals surface area contributed by atoms with Gasteiger partial charge in [0.15, 0.2) is 0 Å². The Balaban J connectivity index is 1.86. The van der Waals surface area contributed by atoms with Crippen LogP contribution in [0.25, 0.3) is 0 Å². The largest absolute Gasteiger partial charge is 0.383 e. The second-order valence-electron chi connectivity index (χ2n) is 4.56. The van der Waals surface area contributed by atoms with Gasteiger partial charge >= 0.3 is 0 Å². The average molecular weight is 290 g/mol. The summed E-state index contributed by atoms with van der Waals surface area (Å²) < 4.78 is 0. The van der Waals surface area contributed by atoms with Crippen molar-refractivity contribution in [3.63, 3.8) is 0 Å². The Bertz CT molecular complexity index is 686. The predicted octanol–water partition coefficient (Wildman–Crippen LogP) is 1.45. The number of aromatic nitrogens is 2. The summed E-state index contributed by atoms with van der Waals surface area (Å²) in [5.41, 5.74) is 13.4. The third-order valence-corrected chi connectivity index (χ3v) is 3.46. The summed E-state index contributed by atoms with van der Waals surface area (Å²) in [4.78, 5) is 22.1. The Morgan fingerprint density at radius 3 is 2.55 bits per heavy atom. The summed E-state index contributed by atoms with van der Waals surface area (Å²) in [6.07, 6.45) is 0. The molecule has 0 unspecified atom stereocenters. The van der Waals surface area contributed by atoms with Crippen LogP contribution in [0.2, 0.25) is 5.02 Å². The molecule has 7 heteroatoms. The monoisotopic (exact) mass is 289 g/mol. The molecule has 3 rings (SSSR count). The standard InChI is InChI=1S/C13H12ClN5O/c14-8-3-1-7(2-4-8)12(20)19-5-9-10(6-19)17-13(16)18-11(9)15/h1-4H,5-6H2,(H4,15,16,17,18). The molecule has 0 saturated heterocycles. The lowest BCUT2D eigenvalue weighted by atomic mass is 10.2. The first-order chi connectivity index (χ1) is 9.54. The van der Waals surface area contributed by atoms with E-state index in [4.69, 9.17) is 23.1 Å². The van der Waals surface area contributed by atoms with E-state index in [1.165, 1.54) is 0 Å². The fraction of sp³-hybridized carbons (Fsp3) is 0.154. The lowest BCUT2D eigenvalue weighted by Gasteiger charge is -2.15. The van der Waals surface area contributed by atoms with Crippen LogP contribution in [0.4, 0.5) is 11.8 Å². The van der Waals surface area contributed by atoms with Gasteiger partial charge in [-0.1, -0.05) is 11.6 Å². The number of carbonyl (C=O) groups excluding carboxylic acids is 1. The van der Waals surface area contributed by atoms with Crippen LogP contribution in [0.1, 0.15) is 21.6 Å².